The van der Waals surface area contributed by atoms with Crippen LogP contribution < -0.4 is 10.2 Å². The molecule has 0 radical (unpaired) electrons. The van der Waals surface area contributed by atoms with E-state index in [4.69, 9.17) is 0 Å². The minimum Gasteiger partial charge on any atom is -0.310 e. The Bertz CT molecular complexity index is 1330. The molecule has 0 aromatic heterocycles. The zero-order valence-electron chi connectivity index (χ0n) is 19.3. The number of nitrogens with zero attached hydrogens (tertiary/aromatic N) is 1. The van der Waals surface area contributed by atoms with Gasteiger partial charge in [-0.25, -0.2) is 0 Å². The Morgan fingerprint density at radius 1 is 0.647 bits per heavy atom. The maximum absolute atomic E-state index is 12.6. The average molecular weight is 447 g/mol. The van der Waals surface area contributed by atoms with E-state index in [1.54, 1.807) is 0 Å². The van der Waals surface area contributed by atoms with E-state index in [-0.39, 0.29) is 11.8 Å². The number of benzene rings is 4. The Balaban J connectivity index is 1.58. The number of imide groups is 1. The van der Waals surface area contributed by atoms with Gasteiger partial charge in [-0.2, -0.15) is 0 Å². The number of anilines is 3. The molecule has 2 amide bonds. The summed E-state index contributed by atoms with van der Waals surface area (Å²) in [5, 5.41) is 2.47. The van der Waals surface area contributed by atoms with Crippen LogP contribution in [-0.4, -0.2) is 11.8 Å². The van der Waals surface area contributed by atoms with E-state index >= 15 is 0 Å². The summed E-state index contributed by atoms with van der Waals surface area (Å²) in [7, 11) is 0. The molecule has 168 valence electrons. The largest absolute Gasteiger partial charge is 0.310 e. The van der Waals surface area contributed by atoms with Gasteiger partial charge in [0.25, 0.3) is 5.91 Å². The Hall–Kier alpha value is -4.18. The minimum absolute atomic E-state index is 0.225. The van der Waals surface area contributed by atoms with Crippen LogP contribution in [-0.2, 0) is 11.2 Å². The molecule has 0 saturated carbocycles. The molecule has 0 saturated heterocycles. The van der Waals surface area contributed by atoms with Gasteiger partial charge in [0.1, 0.15) is 0 Å². The first-order chi connectivity index (χ1) is 16.5. The predicted octanol–water partition coefficient (Wildman–Crippen LogP) is 6.64. The molecule has 1 N–H and O–H groups in total. The number of hydrogen-bond acceptors (Lipinski definition) is 3. The summed E-state index contributed by atoms with van der Waals surface area (Å²) < 4.78 is 0. The Morgan fingerprint density at radius 3 is 1.91 bits per heavy atom. The number of fused-ring (bicyclic) bond motifs is 1. The van der Waals surface area contributed by atoms with Gasteiger partial charge in [0, 0.05) is 29.0 Å². The molecule has 1 heterocycles. The number of carbonyl (C=O) groups is 2. The number of rotatable bonds is 4. The number of amides is 2. The van der Waals surface area contributed by atoms with Gasteiger partial charge in [0.2, 0.25) is 5.91 Å². The number of aryl methyl sites for hydroxylation is 3. The molecule has 0 bridgehead atoms. The Kier molecular flexibility index (Phi) is 5.72. The second-order valence-corrected chi connectivity index (χ2v) is 8.81. The fourth-order valence-electron chi connectivity index (χ4n) is 4.35. The molecule has 0 atom stereocenters. The van der Waals surface area contributed by atoms with Crippen LogP contribution in [0.25, 0.3) is 11.1 Å². The summed E-state index contributed by atoms with van der Waals surface area (Å²) in [6.07, 6.45) is 0.900. The van der Waals surface area contributed by atoms with E-state index in [2.05, 4.69) is 84.7 Å². The summed E-state index contributed by atoms with van der Waals surface area (Å²) in [5.74, 6) is -0.548. The van der Waals surface area contributed by atoms with Crippen molar-refractivity contribution in [1.29, 1.82) is 0 Å². The smallest absolute Gasteiger partial charge is 0.258 e. The molecule has 5 rings (SSSR count). The fourth-order valence-corrected chi connectivity index (χ4v) is 4.35. The Labute approximate surface area is 199 Å². The minimum atomic E-state index is -0.323. The second kappa shape index (κ2) is 8.99. The molecule has 4 nitrogen and oxygen atoms in total. The van der Waals surface area contributed by atoms with Crippen molar-refractivity contribution >= 4 is 28.9 Å². The van der Waals surface area contributed by atoms with Gasteiger partial charge in [-0.15, -0.1) is 0 Å². The molecule has 4 heteroatoms. The van der Waals surface area contributed by atoms with Crippen LogP contribution in [0.1, 0.15) is 33.5 Å². The molecular formula is C30H26N2O2. The van der Waals surface area contributed by atoms with Crippen LogP contribution in [0.15, 0.2) is 91.0 Å². The fraction of sp³-hybridized carbons (Fsp3) is 0.133. The van der Waals surface area contributed by atoms with E-state index in [9.17, 15) is 9.59 Å². The van der Waals surface area contributed by atoms with Crippen molar-refractivity contribution in [3.63, 3.8) is 0 Å². The molecule has 34 heavy (non-hydrogen) atoms. The summed E-state index contributed by atoms with van der Waals surface area (Å²) in [6, 6.07) is 31.2. The highest BCUT2D eigenvalue weighted by molar-refractivity contribution is 6.07. The molecule has 0 unspecified atom stereocenters. The van der Waals surface area contributed by atoms with Crippen molar-refractivity contribution in [2.75, 3.05) is 4.90 Å². The second-order valence-electron chi connectivity index (χ2n) is 8.81. The standard InChI is InChI=1S/C30H26N2O2/c1-20-6-13-25(14-7-20)32(26-15-8-21(2)9-16-26)27-5-3-4-23(18-27)24-11-10-22-12-17-29(33)31-30(34)28(22)19-24/h3-11,13-16,18-19H,12,17H2,1-2H3,(H,31,33,34). The van der Waals surface area contributed by atoms with E-state index in [1.807, 2.05) is 30.3 Å². The van der Waals surface area contributed by atoms with E-state index in [1.165, 1.54) is 11.1 Å². The lowest BCUT2D eigenvalue weighted by molar-refractivity contribution is -0.120. The van der Waals surface area contributed by atoms with Gasteiger partial charge >= 0.3 is 0 Å². The molecule has 4 aromatic rings. The molecule has 0 aliphatic carbocycles. The SMILES string of the molecule is Cc1ccc(N(c2ccc(C)cc2)c2cccc(-c3ccc4c(c3)C(=O)NC(=O)CC4)c2)cc1. The van der Waals surface area contributed by atoms with E-state index in [0.717, 1.165) is 33.8 Å². The molecule has 0 spiro atoms. The first-order valence-electron chi connectivity index (χ1n) is 11.5. The lowest BCUT2D eigenvalue weighted by Gasteiger charge is -2.26. The third-order valence-corrected chi connectivity index (χ3v) is 6.25. The number of nitrogens with one attached hydrogen (secondary N) is 1. The third kappa shape index (κ3) is 4.35. The monoisotopic (exact) mass is 446 g/mol. The molecular weight excluding hydrogens is 420 g/mol. The average Bonchev–Trinajstić information content (AvgIpc) is 2.99. The molecule has 4 aromatic carbocycles. The first kappa shape index (κ1) is 21.7. The van der Waals surface area contributed by atoms with Crippen molar-refractivity contribution in [2.24, 2.45) is 0 Å². The maximum atomic E-state index is 12.6. The van der Waals surface area contributed by atoms with Crippen LogP contribution in [0.2, 0.25) is 0 Å². The summed E-state index contributed by atoms with van der Waals surface area (Å²) in [4.78, 5) is 26.6. The van der Waals surface area contributed by atoms with Crippen molar-refractivity contribution in [3.05, 3.63) is 113 Å². The summed E-state index contributed by atoms with van der Waals surface area (Å²) >= 11 is 0. The van der Waals surface area contributed by atoms with Crippen molar-refractivity contribution < 1.29 is 9.59 Å². The van der Waals surface area contributed by atoms with Crippen LogP contribution in [0, 0.1) is 13.8 Å². The van der Waals surface area contributed by atoms with Gasteiger partial charge in [-0.05, 0) is 79.4 Å². The van der Waals surface area contributed by atoms with E-state index in [0.29, 0.717) is 18.4 Å². The lowest BCUT2D eigenvalue weighted by Crippen LogP contribution is -2.28. The van der Waals surface area contributed by atoms with Crippen molar-refractivity contribution in [1.82, 2.24) is 5.32 Å². The highest BCUT2D eigenvalue weighted by atomic mass is 16.2. The normalized spacial score (nSPS) is 13.1. The zero-order valence-corrected chi connectivity index (χ0v) is 19.3. The van der Waals surface area contributed by atoms with E-state index < -0.39 is 0 Å². The zero-order chi connectivity index (χ0) is 23.7. The highest BCUT2D eigenvalue weighted by Gasteiger charge is 2.20. The van der Waals surface area contributed by atoms with Crippen LogP contribution >= 0.6 is 0 Å². The predicted molar refractivity (Wildman–Crippen MR) is 137 cm³/mol. The van der Waals surface area contributed by atoms with Crippen molar-refractivity contribution in [2.45, 2.75) is 26.7 Å². The van der Waals surface area contributed by atoms with Gasteiger partial charge < -0.3 is 4.90 Å². The first-order valence-corrected chi connectivity index (χ1v) is 11.5. The quantitative estimate of drug-likeness (QED) is 0.357. The van der Waals surface area contributed by atoms with Gasteiger partial charge in [-0.1, -0.05) is 59.7 Å². The lowest BCUT2D eigenvalue weighted by atomic mass is 9.96. The van der Waals surface area contributed by atoms with Crippen LogP contribution in [0.5, 0.6) is 0 Å². The molecule has 1 aliphatic rings. The van der Waals surface area contributed by atoms with Crippen LogP contribution in [0.4, 0.5) is 17.1 Å². The molecule has 1 aliphatic heterocycles. The van der Waals surface area contributed by atoms with Gasteiger partial charge in [0.15, 0.2) is 0 Å². The van der Waals surface area contributed by atoms with Crippen LogP contribution in [0.3, 0.4) is 0 Å². The maximum Gasteiger partial charge on any atom is 0.258 e. The van der Waals surface area contributed by atoms with Gasteiger partial charge in [0.05, 0.1) is 0 Å². The summed E-state index contributed by atoms with van der Waals surface area (Å²) in [5.41, 5.74) is 9.03. The Morgan fingerprint density at radius 2 is 1.26 bits per heavy atom. The number of carbonyl (C=O) groups excluding carboxylic acids is 2. The summed E-state index contributed by atoms with van der Waals surface area (Å²) in [6.45, 7) is 4.17. The van der Waals surface area contributed by atoms with Gasteiger partial charge in [-0.3, -0.25) is 14.9 Å². The third-order valence-electron chi connectivity index (χ3n) is 6.25. The highest BCUT2D eigenvalue weighted by Crippen LogP contribution is 2.37. The topological polar surface area (TPSA) is 49.4 Å². The number of hydrogen-bond donors (Lipinski definition) is 1. The molecule has 0 fully saturated rings. The van der Waals surface area contributed by atoms with Crippen molar-refractivity contribution in [3.8, 4) is 11.1 Å².